The first kappa shape index (κ1) is 12.2. The Kier molecular flexibility index (Phi) is 3.38. The highest BCUT2D eigenvalue weighted by molar-refractivity contribution is 5.18. The van der Waals surface area contributed by atoms with Crippen LogP contribution in [0.5, 0.6) is 0 Å². The van der Waals surface area contributed by atoms with Crippen molar-refractivity contribution >= 4 is 0 Å². The van der Waals surface area contributed by atoms with E-state index >= 15 is 0 Å². The van der Waals surface area contributed by atoms with Crippen LogP contribution in [-0.2, 0) is 6.42 Å². The second kappa shape index (κ2) is 5.00. The zero-order chi connectivity index (χ0) is 12.4. The predicted octanol–water partition coefficient (Wildman–Crippen LogP) is 3.68. The van der Waals surface area contributed by atoms with Crippen LogP contribution in [0.1, 0.15) is 44.1 Å². The Morgan fingerprint density at radius 2 is 2.00 bits per heavy atom. The van der Waals surface area contributed by atoms with E-state index < -0.39 is 0 Å². The van der Waals surface area contributed by atoms with Crippen molar-refractivity contribution < 1.29 is 4.39 Å². The minimum Gasteiger partial charge on any atom is -0.313 e. The molecule has 0 spiro atoms. The third kappa shape index (κ3) is 2.92. The van der Waals surface area contributed by atoms with Crippen LogP contribution in [0, 0.1) is 11.2 Å². The summed E-state index contributed by atoms with van der Waals surface area (Å²) in [4.78, 5) is 0. The molecule has 0 amide bonds. The lowest BCUT2D eigenvalue weighted by atomic mass is 9.80. The summed E-state index contributed by atoms with van der Waals surface area (Å²) in [6, 6.07) is 7.92. The Balaban J connectivity index is 1.68. The largest absolute Gasteiger partial charge is 0.313 e. The molecule has 18 heavy (non-hydrogen) atoms. The molecule has 0 unspecified atom stereocenters. The van der Waals surface area contributed by atoms with E-state index in [0.717, 1.165) is 24.6 Å². The Morgan fingerprint density at radius 3 is 2.67 bits per heavy atom. The van der Waals surface area contributed by atoms with Gasteiger partial charge >= 0.3 is 0 Å². The molecule has 1 aromatic carbocycles. The van der Waals surface area contributed by atoms with Crippen molar-refractivity contribution in [3.05, 3.63) is 35.6 Å². The average Bonchev–Trinajstić information content (AvgIpc) is 3.08. The average molecular weight is 247 g/mol. The van der Waals surface area contributed by atoms with Gasteiger partial charge in [0.05, 0.1) is 0 Å². The monoisotopic (exact) mass is 247 g/mol. The molecule has 0 radical (unpaired) electrons. The van der Waals surface area contributed by atoms with Crippen molar-refractivity contribution in [3.63, 3.8) is 0 Å². The lowest BCUT2D eigenvalue weighted by Gasteiger charge is -2.29. The van der Waals surface area contributed by atoms with Gasteiger partial charge in [-0.2, -0.15) is 0 Å². The van der Waals surface area contributed by atoms with Crippen LogP contribution < -0.4 is 5.32 Å². The van der Waals surface area contributed by atoms with E-state index in [1.807, 2.05) is 6.07 Å². The van der Waals surface area contributed by atoms with Crippen molar-refractivity contribution in [3.8, 4) is 0 Å². The summed E-state index contributed by atoms with van der Waals surface area (Å²) in [5.41, 5.74) is 1.55. The van der Waals surface area contributed by atoms with E-state index in [4.69, 9.17) is 0 Å². The third-order valence-electron chi connectivity index (χ3n) is 4.48. The van der Waals surface area contributed by atoms with Crippen molar-refractivity contribution in [1.82, 2.24) is 5.32 Å². The van der Waals surface area contributed by atoms with Gasteiger partial charge in [0.15, 0.2) is 0 Å². The molecule has 2 aliphatic rings. The van der Waals surface area contributed by atoms with Crippen molar-refractivity contribution in [2.45, 2.75) is 51.0 Å². The summed E-state index contributed by atoms with van der Waals surface area (Å²) >= 11 is 0. The van der Waals surface area contributed by atoms with E-state index in [9.17, 15) is 4.39 Å². The molecular formula is C16H22FN. The van der Waals surface area contributed by atoms with Crippen molar-refractivity contribution in [1.29, 1.82) is 0 Å². The smallest absolute Gasteiger partial charge is 0.123 e. The molecule has 1 N–H and O–H groups in total. The minimum atomic E-state index is -0.101. The molecule has 0 heterocycles. The van der Waals surface area contributed by atoms with Crippen LogP contribution in [0.4, 0.5) is 4.39 Å². The van der Waals surface area contributed by atoms with Gasteiger partial charge in [0.2, 0.25) is 0 Å². The number of nitrogens with one attached hydrogen (secondary N) is 1. The Hall–Kier alpha value is -0.890. The van der Waals surface area contributed by atoms with Crippen LogP contribution in [-0.4, -0.2) is 12.6 Å². The van der Waals surface area contributed by atoms with E-state index in [-0.39, 0.29) is 5.82 Å². The number of hydrogen-bond acceptors (Lipinski definition) is 1. The Bertz CT molecular complexity index is 405. The van der Waals surface area contributed by atoms with Gasteiger partial charge < -0.3 is 5.32 Å². The quantitative estimate of drug-likeness (QED) is 0.837. The van der Waals surface area contributed by atoms with Gasteiger partial charge in [0.1, 0.15) is 5.82 Å². The molecule has 1 aromatic rings. The molecule has 0 saturated heterocycles. The van der Waals surface area contributed by atoms with Gasteiger partial charge in [-0.25, -0.2) is 4.39 Å². The molecule has 2 fully saturated rings. The Morgan fingerprint density at radius 1 is 1.22 bits per heavy atom. The third-order valence-corrected chi connectivity index (χ3v) is 4.48. The number of rotatable bonds is 5. The predicted molar refractivity (Wildman–Crippen MR) is 72.0 cm³/mol. The second-order valence-electron chi connectivity index (χ2n) is 6.17. The first-order chi connectivity index (χ1) is 8.76. The fraction of sp³-hybridized carbons (Fsp3) is 0.625. The van der Waals surface area contributed by atoms with Crippen molar-refractivity contribution in [2.75, 3.05) is 6.54 Å². The lowest BCUT2D eigenvalue weighted by Crippen LogP contribution is -2.35. The number of benzene rings is 1. The molecule has 2 heteroatoms. The maximum absolute atomic E-state index is 13.3. The van der Waals surface area contributed by atoms with Gasteiger partial charge in [0, 0.05) is 12.6 Å². The molecule has 98 valence electrons. The fourth-order valence-electron chi connectivity index (χ4n) is 3.27. The maximum Gasteiger partial charge on any atom is 0.123 e. The zero-order valence-corrected chi connectivity index (χ0v) is 10.9. The van der Waals surface area contributed by atoms with Crippen LogP contribution in [0.2, 0.25) is 0 Å². The number of halogens is 1. The van der Waals surface area contributed by atoms with Gasteiger partial charge in [-0.3, -0.25) is 0 Å². The Labute approximate surface area is 109 Å². The lowest BCUT2D eigenvalue weighted by molar-refractivity contribution is 0.276. The summed E-state index contributed by atoms with van der Waals surface area (Å²) in [7, 11) is 0. The summed E-state index contributed by atoms with van der Waals surface area (Å²) < 4.78 is 13.3. The first-order valence-electron chi connectivity index (χ1n) is 7.24. The van der Waals surface area contributed by atoms with Gasteiger partial charge in [-0.05, 0) is 55.2 Å². The van der Waals surface area contributed by atoms with E-state index in [0.29, 0.717) is 5.41 Å². The summed E-state index contributed by atoms with van der Waals surface area (Å²) in [5, 5.41) is 3.68. The second-order valence-corrected chi connectivity index (χ2v) is 6.17. The molecule has 2 saturated carbocycles. The van der Waals surface area contributed by atoms with E-state index in [2.05, 4.69) is 11.4 Å². The van der Waals surface area contributed by atoms with Crippen molar-refractivity contribution in [2.24, 2.45) is 5.41 Å². The number of hydrogen-bond donors (Lipinski definition) is 1. The zero-order valence-electron chi connectivity index (χ0n) is 10.9. The highest BCUT2D eigenvalue weighted by Gasteiger charge is 2.35. The van der Waals surface area contributed by atoms with Crippen LogP contribution in [0.25, 0.3) is 0 Å². The van der Waals surface area contributed by atoms with Gasteiger partial charge in [-0.1, -0.05) is 25.0 Å². The molecule has 0 aromatic heterocycles. The van der Waals surface area contributed by atoms with Gasteiger partial charge in [-0.15, -0.1) is 0 Å². The summed E-state index contributed by atoms with van der Waals surface area (Å²) in [6.45, 7) is 1.12. The maximum atomic E-state index is 13.3. The molecule has 1 nitrogen and oxygen atoms in total. The first-order valence-corrected chi connectivity index (χ1v) is 7.24. The molecule has 0 atom stereocenters. The van der Waals surface area contributed by atoms with Gasteiger partial charge in [0.25, 0.3) is 0 Å². The van der Waals surface area contributed by atoms with E-state index in [1.54, 1.807) is 6.07 Å². The van der Waals surface area contributed by atoms with E-state index in [1.165, 1.54) is 44.6 Å². The van der Waals surface area contributed by atoms with Crippen LogP contribution in [0.15, 0.2) is 24.3 Å². The molecule has 3 rings (SSSR count). The highest BCUT2D eigenvalue weighted by Crippen LogP contribution is 2.41. The minimum absolute atomic E-state index is 0.101. The fourth-order valence-corrected chi connectivity index (χ4v) is 3.27. The summed E-state index contributed by atoms with van der Waals surface area (Å²) in [5.74, 6) is -0.101. The standard InChI is InChI=1S/C16H22FN/c17-14-5-3-4-13(10-14)11-16(8-1-2-9-16)12-18-15-6-7-15/h3-5,10,15,18H,1-2,6-9,11-12H2. The topological polar surface area (TPSA) is 12.0 Å². The van der Waals surface area contributed by atoms with Crippen LogP contribution in [0.3, 0.4) is 0 Å². The molecule has 0 bridgehead atoms. The normalized spacial score (nSPS) is 22.3. The molecule has 0 aliphatic heterocycles. The SMILES string of the molecule is Fc1cccc(CC2(CNC3CC3)CCCC2)c1. The highest BCUT2D eigenvalue weighted by atomic mass is 19.1. The molecule has 2 aliphatic carbocycles. The molecular weight excluding hydrogens is 225 g/mol. The van der Waals surface area contributed by atoms with Crippen LogP contribution >= 0.6 is 0 Å². The summed E-state index contributed by atoms with van der Waals surface area (Å²) in [6.07, 6.45) is 8.98.